The highest BCUT2D eigenvalue weighted by atomic mass is 19.1. The molecular formula is C9H7FN. The van der Waals surface area contributed by atoms with Gasteiger partial charge in [0.25, 0.3) is 0 Å². The lowest BCUT2D eigenvalue weighted by molar-refractivity contribution is 0.625. The van der Waals surface area contributed by atoms with Crippen LogP contribution in [0.2, 0.25) is 0 Å². The van der Waals surface area contributed by atoms with Crippen molar-refractivity contribution < 1.29 is 4.39 Å². The van der Waals surface area contributed by atoms with Gasteiger partial charge in [-0.1, -0.05) is 6.07 Å². The van der Waals surface area contributed by atoms with Gasteiger partial charge in [-0.25, -0.2) is 4.39 Å². The van der Waals surface area contributed by atoms with Crippen molar-refractivity contribution in [2.45, 2.75) is 12.8 Å². The molecule has 0 saturated carbocycles. The summed E-state index contributed by atoms with van der Waals surface area (Å²) < 4.78 is 12.5. The molecule has 1 rings (SSSR count). The first-order valence-electron chi connectivity index (χ1n) is 3.35. The van der Waals surface area contributed by atoms with Crippen LogP contribution >= 0.6 is 0 Å². The van der Waals surface area contributed by atoms with E-state index in [1.807, 2.05) is 6.07 Å². The molecule has 0 spiro atoms. The molecule has 0 amide bonds. The second-order valence-corrected chi connectivity index (χ2v) is 2.22. The lowest BCUT2D eigenvalue weighted by Crippen LogP contribution is -1.84. The van der Waals surface area contributed by atoms with Crippen LogP contribution in [0.3, 0.4) is 0 Å². The zero-order valence-corrected chi connectivity index (χ0v) is 5.97. The summed E-state index contributed by atoms with van der Waals surface area (Å²) in [5, 5.41) is 8.24. The highest BCUT2D eigenvalue weighted by Gasteiger charge is 1.93. The molecule has 0 fully saturated rings. The molecule has 1 nitrogen and oxygen atoms in total. The zero-order valence-electron chi connectivity index (χ0n) is 5.97. The van der Waals surface area contributed by atoms with Crippen molar-refractivity contribution in [3.05, 3.63) is 35.6 Å². The predicted octanol–water partition coefficient (Wildman–Crippen LogP) is 2.08. The van der Waals surface area contributed by atoms with Crippen LogP contribution in [-0.2, 0) is 6.42 Å². The first-order valence-corrected chi connectivity index (χ1v) is 3.35. The summed E-state index contributed by atoms with van der Waals surface area (Å²) in [6.07, 6.45) is 1.03. The maximum Gasteiger partial charge on any atom is 0.124 e. The van der Waals surface area contributed by atoms with E-state index in [2.05, 4.69) is 6.07 Å². The molecule has 55 valence electrons. The number of aryl methyl sites for hydroxylation is 1. The Morgan fingerprint density at radius 3 is 3.00 bits per heavy atom. The molecule has 0 aliphatic rings. The monoisotopic (exact) mass is 148 g/mol. The smallest absolute Gasteiger partial charge is 0.124 e. The summed E-state index contributed by atoms with van der Waals surface area (Å²) in [4.78, 5) is 0. The summed E-state index contributed by atoms with van der Waals surface area (Å²) in [5.74, 6) is -0.291. The van der Waals surface area contributed by atoms with Gasteiger partial charge in [-0.15, -0.1) is 0 Å². The average Bonchev–Trinajstić information content (AvgIpc) is 2.01. The molecule has 0 bridgehead atoms. The first-order chi connectivity index (χ1) is 5.33. The minimum Gasteiger partial charge on any atom is -0.207 e. The van der Waals surface area contributed by atoms with Crippen molar-refractivity contribution in [2.75, 3.05) is 0 Å². The SMILES string of the molecule is N#CCCc1c[c]cc(F)c1. The first kappa shape index (κ1) is 7.74. The van der Waals surface area contributed by atoms with E-state index in [0.29, 0.717) is 12.8 Å². The van der Waals surface area contributed by atoms with Gasteiger partial charge in [0.15, 0.2) is 0 Å². The summed E-state index contributed by atoms with van der Waals surface area (Å²) in [6.45, 7) is 0. The molecule has 0 aliphatic carbocycles. The second-order valence-electron chi connectivity index (χ2n) is 2.22. The Bertz CT molecular complexity index is 275. The molecule has 0 aromatic heterocycles. The van der Waals surface area contributed by atoms with Crippen LogP contribution in [0.15, 0.2) is 18.2 Å². The van der Waals surface area contributed by atoms with E-state index in [1.165, 1.54) is 12.1 Å². The Kier molecular flexibility index (Phi) is 2.62. The number of nitrogens with zero attached hydrogens (tertiary/aromatic N) is 1. The lowest BCUT2D eigenvalue weighted by atomic mass is 10.1. The van der Waals surface area contributed by atoms with Gasteiger partial charge in [0.05, 0.1) is 6.07 Å². The van der Waals surface area contributed by atoms with Gasteiger partial charge < -0.3 is 0 Å². The molecule has 0 saturated heterocycles. The lowest BCUT2D eigenvalue weighted by Gasteiger charge is -1.94. The van der Waals surface area contributed by atoms with Crippen molar-refractivity contribution in [3.8, 4) is 6.07 Å². The van der Waals surface area contributed by atoms with E-state index < -0.39 is 0 Å². The molecule has 0 aliphatic heterocycles. The molecule has 1 aromatic rings. The Balaban J connectivity index is 2.65. The number of hydrogen-bond acceptors (Lipinski definition) is 1. The molecule has 11 heavy (non-hydrogen) atoms. The Morgan fingerprint density at radius 1 is 1.55 bits per heavy atom. The van der Waals surface area contributed by atoms with Crippen molar-refractivity contribution in [1.29, 1.82) is 5.26 Å². The van der Waals surface area contributed by atoms with E-state index >= 15 is 0 Å². The largest absolute Gasteiger partial charge is 0.207 e. The van der Waals surface area contributed by atoms with Crippen LogP contribution in [0, 0.1) is 23.2 Å². The number of nitriles is 1. The standard InChI is InChI=1S/C9H7FN/c10-9-5-1-3-8(7-9)4-2-6-11/h3,5,7H,2,4H2. The van der Waals surface area contributed by atoms with Gasteiger partial charge in [0.2, 0.25) is 0 Å². The van der Waals surface area contributed by atoms with Crippen LogP contribution in [0.25, 0.3) is 0 Å². The molecule has 2 heteroatoms. The highest BCUT2D eigenvalue weighted by Crippen LogP contribution is 2.04. The molecule has 0 heterocycles. The van der Waals surface area contributed by atoms with Crippen LogP contribution in [0.5, 0.6) is 0 Å². The van der Waals surface area contributed by atoms with E-state index in [9.17, 15) is 4.39 Å². The molecular weight excluding hydrogens is 141 g/mol. The summed E-state index contributed by atoms with van der Waals surface area (Å²) in [7, 11) is 0. The van der Waals surface area contributed by atoms with Gasteiger partial charge in [-0.05, 0) is 30.2 Å². The van der Waals surface area contributed by atoms with Gasteiger partial charge >= 0.3 is 0 Å². The Morgan fingerprint density at radius 2 is 2.36 bits per heavy atom. The average molecular weight is 148 g/mol. The summed E-state index contributed by atoms with van der Waals surface area (Å²) in [5.41, 5.74) is 0.826. The van der Waals surface area contributed by atoms with E-state index in [4.69, 9.17) is 5.26 Å². The molecule has 1 radical (unpaired) electrons. The van der Waals surface area contributed by atoms with Gasteiger partial charge in [0, 0.05) is 6.42 Å². The quantitative estimate of drug-likeness (QED) is 0.629. The second kappa shape index (κ2) is 3.72. The minimum atomic E-state index is -0.291. The van der Waals surface area contributed by atoms with E-state index in [1.54, 1.807) is 6.07 Å². The van der Waals surface area contributed by atoms with E-state index in [0.717, 1.165) is 5.56 Å². The van der Waals surface area contributed by atoms with Gasteiger partial charge in [-0.3, -0.25) is 0 Å². The maximum absolute atomic E-state index is 12.5. The predicted molar refractivity (Wildman–Crippen MR) is 39.2 cm³/mol. The van der Waals surface area contributed by atoms with Crippen molar-refractivity contribution >= 4 is 0 Å². The third-order valence-corrected chi connectivity index (χ3v) is 1.34. The third kappa shape index (κ3) is 2.38. The van der Waals surface area contributed by atoms with Crippen molar-refractivity contribution in [3.63, 3.8) is 0 Å². The molecule has 0 unspecified atom stereocenters. The fourth-order valence-corrected chi connectivity index (χ4v) is 0.833. The Hall–Kier alpha value is -1.36. The highest BCUT2D eigenvalue weighted by molar-refractivity contribution is 5.15. The van der Waals surface area contributed by atoms with Gasteiger partial charge in [0.1, 0.15) is 5.82 Å². The molecule has 0 atom stereocenters. The fraction of sp³-hybridized carbons (Fsp3) is 0.222. The third-order valence-electron chi connectivity index (χ3n) is 1.34. The normalized spacial score (nSPS) is 9.09. The number of halogens is 1. The topological polar surface area (TPSA) is 23.8 Å². The van der Waals surface area contributed by atoms with Crippen molar-refractivity contribution in [1.82, 2.24) is 0 Å². The Labute approximate surface area is 65.1 Å². The zero-order chi connectivity index (χ0) is 8.10. The maximum atomic E-state index is 12.5. The molecule has 0 N–H and O–H groups in total. The molecule has 1 aromatic carbocycles. The van der Waals surface area contributed by atoms with Crippen LogP contribution in [0.1, 0.15) is 12.0 Å². The number of benzene rings is 1. The number of rotatable bonds is 2. The van der Waals surface area contributed by atoms with E-state index in [-0.39, 0.29) is 5.82 Å². The van der Waals surface area contributed by atoms with Crippen LogP contribution in [-0.4, -0.2) is 0 Å². The fourth-order valence-electron chi connectivity index (χ4n) is 0.833. The van der Waals surface area contributed by atoms with Crippen molar-refractivity contribution in [2.24, 2.45) is 0 Å². The summed E-state index contributed by atoms with van der Waals surface area (Å²) in [6, 6.07) is 9.05. The number of hydrogen-bond donors (Lipinski definition) is 0. The van der Waals surface area contributed by atoms with Crippen LogP contribution < -0.4 is 0 Å². The van der Waals surface area contributed by atoms with Crippen LogP contribution in [0.4, 0.5) is 4.39 Å². The summed E-state index contributed by atoms with van der Waals surface area (Å²) >= 11 is 0. The van der Waals surface area contributed by atoms with Gasteiger partial charge in [-0.2, -0.15) is 5.26 Å². The minimum absolute atomic E-state index is 0.291.